The van der Waals surface area contributed by atoms with Crippen LogP contribution in [0.2, 0.25) is 0 Å². The van der Waals surface area contributed by atoms with Crippen molar-refractivity contribution in [2.75, 3.05) is 13.1 Å². The number of aryl methyl sites for hydroxylation is 1. The SMILES string of the molecule is CC(=O)N[C@@H]1CC[C@H](C(=O)O)CN(C(=O)CCc2nc3ccccc3s2)C1.O=CO. The van der Waals surface area contributed by atoms with Crippen LogP contribution in [-0.4, -0.2) is 63.5 Å². The second kappa shape index (κ2) is 11.2. The van der Waals surface area contributed by atoms with E-state index in [0.29, 0.717) is 25.8 Å². The highest BCUT2D eigenvalue weighted by atomic mass is 32.1. The number of para-hydroxylation sites is 1. The van der Waals surface area contributed by atoms with E-state index in [1.807, 2.05) is 24.3 Å². The molecular weight excluding hydrogens is 410 g/mol. The van der Waals surface area contributed by atoms with Gasteiger partial charge in [-0.1, -0.05) is 12.1 Å². The monoisotopic (exact) mass is 435 g/mol. The van der Waals surface area contributed by atoms with Crippen LogP contribution < -0.4 is 5.32 Å². The van der Waals surface area contributed by atoms with Gasteiger partial charge in [0.2, 0.25) is 11.8 Å². The Hall–Kier alpha value is -3.01. The summed E-state index contributed by atoms with van der Waals surface area (Å²) in [6.07, 6.45) is 1.80. The van der Waals surface area contributed by atoms with Crippen LogP contribution >= 0.6 is 11.3 Å². The quantitative estimate of drug-likeness (QED) is 0.609. The average Bonchev–Trinajstić information content (AvgIpc) is 2.99. The maximum absolute atomic E-state index is 12.7. The highest BCUT2D eigenvalue weighted by molar-refractivity contribution is 7.18. The van der Waals surface area contributed by atoms with E-state index in [9.17, 15) is 19.5 Å². The Morgan fingerprint density at radius 1 is 1.27 bits per heavy atom. The van der Waals surface area contributed by atoms with Crippen molar-refractivity contribution < 1.29 is 29.4 Å². The van der Waals surface area contributed by atoms with Crippen LogP contribution in [0.1, 0.15) is 31.2 Å². The lowest BCUT2D eigenvalue weighted by Crippen LogP contribution is -2.44. The van der Waals surface area contributed by atoms with Crippen molar-refractivity contribution in [3.8, 4) is 0 Å². The minimum Gasteiger partial charge on any atom is -0.483 e. The van der Waals surface area contributed by atoms with Crippen LogP contribution in [0.4, 0.5) is 0 Å². The van der Waals surface area contributed by atoms with Gasteiger partial charge in [-0.05, 0) is 25.0 Å². The molecule has 3 N–H and O–H groups in total. The van der Waals surface area contributed by atoms with Crippen LogP contribution in [-0.2, 0) is 25.6 Å². The normalized spacial score (nSPS) is 18.6. The zero-order valence-electron chi connectivity index (χ0n) is 16.6. The summed E-state index contributed by atoms with van der Waals surface area (Å²) in [6.45, 7) is 1.71. The van der Waals surface area contributed by atoms with Gasteiger partial charge >= 0.3 is 5.97 Å². The minimum absolute atomic E-state index is 0.0993. The fraction of sp³-hybridized carbons (Fsp3) is 0.450. The van der Waals surface area contributed by atoms with Crippen molar-refractivity contribution in [3.63, 3.8) is 0 Å². The van der Waals surface area contributed by atoms with E-state index in [1.165, 1.54) is 6.92 Å². The van der Waals surface area contributed by atoms with E-state index in [1.54, 1.807) is 16.2 Å². The van der Waals surface area contributed by atoms with Crippen molar-refractivity contribution in [1.29, 1.82) is 0 Å². The average molecular weight is 436 g/mol. The van der Waals surface area contributed by atoms with Gasteiger partial charge in [0.15, 0.2) is 0 Å². The molecule has 0 bridgehead atoms. The number of carboxylic acids is 1. The number of benzene rings is 1. The van der Waals surface area contributed by atoms with E-state index < -0.39 is 11.9 Å². The highest BCUT2D eigenvalue weighted by Gasteiger charge is 2.30. The molecule has 2 heterocycles. The zero-order chi connectivity index (χ0) is 22.1. The van der Waals surface area contributed by atoms with Crippen molar-refractivity contribution in [1.82, 2.24) is 15.2 Å². The van der Waals surface area contributed by atoms with Crippen molar-refractivity contribution in [2.24, 2.45) is 5.92 Å². The van der Waals surface area contributed by atoms with E-state index in [0.717, 1.165) is 15.2 Å². The number of amides is 2. The molecule has 10 heteroatoms. The van der Waals surface area contributed by atoms with E-state index in [2.05, 4.69) is 10.3 Å². The molecule has 1 fully saturated rings. The first kappa shape index (κ1) is 23.3. The minimum atomic E-state index is -0.901. The third kappa shape index (κ3) is 6.80. The molecule has 0 aliphatic carbocycles. The molecule has 1 aliphatic heterocycles. The summed E-state index contributed by atoms with van der Waals surface area (Å²) in [7, 11) is 0. The van der Waals surface area contributed by atoms with Crippen molar-refractivity contribution in [3.05, 3.63) is 29.3 Å². The molecule has 2 atom stereocenters. The molecule has 1 aliphatic rings. The van der Waals surface area contributed by atoms with E-state index in [4.69, 9.17) is 9.90 Å². The number of likely N-dealkylation sites (tertiary alicyclic amines) is 1. The van der Waals surface area contributed by atoms with Gasteiger partial charge in [-0.2, -0.15) is 0 Å². The molecule has 0 saturated carbocycles. The van der Waals surface area contributed by atoms with Crippen LogP contribution in [0.5, 0.6) is 0 Å². The molecule has 2 amide bonds. The van der Waals surface area contributed by atoms with Gasteiger partial charge in [-0.25, -0.2) is 4.98 Å². The number of fused-ring (bicyclic) bond motifs is 1. The maximum Gasteiger partial charge on any atom is 0.308 e. The summed E-state index contributed by atoms with van der Waals surface area (Å²) < 4.78 is 1.09. The molecule has 1 saturated heterocycles. The number of carbonyl (C=O) groups excluding carboxylic acids is 2. The number of aromatic nitrogens is 1. The number of hydrogen-bond donors (Lipinski definition) is 3. The molecule has 9 nitrogen and oxygen atoms in total. The number of nitrogens with zero attached hydrogens (tertiary/aromatic N) is 2. The zero-order valence-corrected chi connectivity index (χ0v) is 17.4. The van der Waals surface area contributed by atoms with Gasteiger partial charge in [0, 0.05) is 38.9 Å². The summed E-state index contributed by atoms with van der Waals surface area (Å²) in [5.41, 5.74) is 0.927. The summed E-state index contributed by atoms with van der Waals surface area (Å²) in [6, 6.07) is 7.63. The predicted molar refractivity (Wildman–Crippen MR) is 111 cm³/mol. The van der Waals surface area contributed by atoms with Crippen LogP contribution in [0.3, 0.4) is 0 Å². The number of carbonyl (C=O) groups is 4. The molecule has 0 unspecified atom stereocenters. The lowest BCUT2D eigenvalue weighted by Gasteiger charge is -2.25. The lowest BCUT2D eigenvalue weighted by atomic mass is 10.0. The molecular formula is C20H25N3O6S. The second-order valence-corrected chi connectivity index (χ2v) is 8.10. The predicted octanol–water partition coefficient (Wildman–Crippen LogP) is 1.76. The van der Waals surface area contributed by atoms with Gasteiger partial charge in [0.25, 0.3) is 6.47 Å². The van der Waals surface area contributed by atoms with Gasteiger partial charge in [-0.3, -0.25) is 19.2 Å². The smallest absolute Gasteiger partial charge is 0.308 e. The van der Waals surface area contributed by atoms with Crippen molar-refractivity contribution >= 4 is 45.8 Å². The molecule has 2 aromatic rings. The summed E-state index contributed by atoms with van der Waals surface area (Å²) in [5.74, 6) is -1.77. The third-order valence-electron chi connectivity index (χ3n) is 4.75. The largest absolute Gasteiger partial charge is 0.483 e. The highest BCUT2D eigenvalue weighted by Crippen LogP contribution is 2.23. The summed E-state index contributed by atoms with van der Waals surface area (Å²) in [5, 5.41) is 20.0. The van der Waals surface area contributed by atoms with E-state index in [-0.39, 0.29) is 37.3 Å². The van der Waals surface area contributed by atoms with Gasteiger partial charge in [0.05, 0.1) is 21.1 Å². The first-order chi connectivity index (χ1) is 14.3. The number of aliphatic carboxylic acids is 1. The Morgan fingerprint density at radius 3 is 2.60 bits per heavy atom. The topological polar surface area (TPSA) is 137 Å². The fourth-order valence-corrected chi connectivity index (χ4v) is 4.37. The van der Waals surface area contributed by atoms with Gasteiger partial charge in [0.1, 0.15) is 0 Å². The van der Waals surface area contributed by atoms with Gasteiger partial charge in [-0.15, -0.1) is 11.3 Å². The second-order valence-electron chi connectivity index (χ2n) is 6.99. The number of nitrogens with one attached hydrogen (secondary N) is 1. The molecule has 0 radical (unpaired) electrons. The van der Waals surface area contributed by atoms with Crippen LogP contribution in [0.15, 0.2) is 24.3 Å². The standard InChI is InChI=1S/C19H23N3O4S.CH2O2/c1-12(23)20-14-7-6-13(19(25)26)10-22(11-14)18(24)9-8-17-21-15-4-2-3-5-16(15)27-17;2-1-3/h2-5,13-14H,6-11H2,1H3,(H,20,23)(H,25,26);1H,(H,2,3)/t13-,14+;/m0./s1. The van der Waals surface area contributed by atoms with Crippen LogP contribution in [0.25, 0.3) is 10.2 Å². The van der Waals surface area contributed by atoms with Gasteiger partial charge < -0.3 is 20.4 Å². The molecule has 1 aromatic heterocycles. The Bertz CT molecular complexity index is 867. The van der Waals surface area contributed by atoms with E-state index >= 15 is 0 Å². The summed E-state index contributed by atoms with van der Waals surface area (Å²) in [4.78, 5) is 50.0. The first-order valence-corrected chi connectivity index (χ1v) is 10.4. The Morgan fingerprint density at radius 2 is 1.97 bits per heavy atom. The Kier molecular flexibility index (Phi) is 8.72. The Balaban J connectivity index is 0.00000101. The molecule has 3 rings (SSSR count). The van der Waals surface area contributed by atoms with Crippen LogP contribution in [0, 0.1) is 5.92 Å². The first-order valence-electron chi connectivity index (χ1n) is 9.54. The van der Waals surface area contributed by atoms with Crippen molar-refractivity contribution in [2.45, 2.75) is 38.6 Å². The number of rotatable bonds is 5. The molecule has 0 spiro atoms. The summed E-state index contributed by atoms with van der Waals surface area (Å²) >= 11 is 1.57. The lowest BCUT2D eigenvalue weighted by molar-refractivity contribution is -0.143. The Labute approximate surface area is 177 Å². The number of hydrogen-bond acceptors (Lipinski definition) is 6. The molecule has 162 valence electrons. The number of thiazole rings is 1. The molecule has 1 aromatic carbocycles. The maximum atomic E-state index is 12.7. The fourth-order valence-electron chi connectivity index (χ4n) is 3.40. The number of carboxylic acid groups (broad SMARTS) is 2. The third-order valence-corrected chi connectivity index (χ3v) is 5.84. The molecule has 30 heavy (non-hydrogen) atoms.